The van der Waals surface area contributed by atoms with Crippen molar-refractivity contribution in [3.63, 3.8) is 0 Å². The molecule has 0 saturated carbocycles. The maximum absolute atomic E-state index is 12.3. The van der Waals surface area contributed by atoms with E-state index in [1.807, 2.05) is 6.08 Å². The lowest BCUT2D eigenvalue weighted by Crippen LogP contribution is -2.45. The molecule has 0 radical (unpaired) electrons. The molecule has 41 heavy (non-hydrogen) atoms. The third-order valence-corrected chi connectivity index (χ3v) is 7.85. The van der Waals surface area contributed by atoms with Crippen LogP contribution in [0.25, 0.3) is 0 Å². The number of amides is 1. The molecule has 240 valence electrons. The Labute approximate surface area is 255 Å². The third kappa shape index (κ3) is 29.9. The molecule has 2 unspecified atom stereocenters. The molecule has 0 aliphatic heterocycles. The quantitative estimate of drug-likeness (QED) is 0.0569. The Morgan fingerprint density at radius 2 is 0.951 bits per heavy atom. The molecule has 0 aromatic carbocycles. The molecular weight excluding hydrogens is 506 g/mol. The van der Waals surface area contributed by atoms with E-state index in [0.717, 1.165) is 44.9 Å². The van der Waals surface area contributed by atoms with E-state index in [4.69, 9.17) is 0 Å². The molecule has 4 nitrogen and oxygen atoms in total. The van der Waals surface area contributed by atoms with Gasteiger partial charge < -0.3 is 15.5 Å². The van der Waals surface area contributed by atoms with Crippen LogP contribution in [0.1, 0.15) is 174 Å². The van der Waals surface area contributed by atoms with Gasteiger partial charge in [-0.2, -0.15) is 0 Å². The van der Waals surface area contributed by atoms with Gasteiger partial charge in [-0.25, -0.2) is 0 Å². The Morgan fingerprint density at radius 1 is 0.561 bits per heavy atom. The van der Waals surface area contributed by atoms with Crippen molar-refractivity contribution in [2.45, 2.75) is 187 Å². The second-order valence-electron chi connectivity index (χ2n) is 11.9. The van der Waals surface area contributed by atoms with Crippen LogP contribution in [-0.4, -0.2) is 34.9 Å². The van der Waals surface area contributed by atoms with E-state index in [1.165, 1.54) is 109 Å². The van der Waals surface area contributed by atoms with Gasteiger partial charge in [0.25, 0.3) is 0 Å². The number of allylic oxidation sites excluding steroid dienone is 5. The van der Waals surface area contributed by atoms with Gasteiger partial charge in [-0.05, 0) is 57.8 Å². The standard InChI is InChI=1S/C37H69NO3/c1-3-5-7-9-11-13-15-17-18-19-20-21-22-24-26-28-30-32-36(40)35(34-39)38-37(41)33-31-29-27-25-23-16-14-12-10-8-6-4-2/h12,14,22,24,30,32,35-36,39-40H,3-11,13,15-21,23,25-29,31,33-34H2,1-2H3,(H,38,41)/b14-12-,24-22+,32-30+. The second kappa shape index (κ2) is 33.1. The number of carbonyl (C=O) groups is 1. The number of nitrogens with one attached hydrogen (secondary N) is 1. The number of aliphatic hydroxyl groups is 2. The topological polar surface area (TPSA) is 69.6 Å². The van der Waals surface area contributed by atoms with Crippen LogP contribution in [-0.2, 0) is 4.79 Å². The van der Waals surface area contributed by atoms with Gasteiger partial charge in [0.05, 0.1) is 18.8 Å². The Morgan fingerprint density at radius 3 is 1.46 bits per heavy atom. The average Bonchev–Trinajstić information content (AvgIpc) is 2.97. The third-order valence-electron chi connectivity index (χ3n) is 7.85. The lowest BCUT2D eigenvalue weighted by atomic mass is 10.1. The molecule has 4 heteroatoms. The van der Waals surface area contributed by atoms with Crippen molar-refractivity contribution in [3.05, 3.63) is 36.5 Å². The molecule has 0 aromatic rings. The van der Waals surface area contributed by atoms with Gasteiger partial charge >= 0.3 is 0 Å². The van der Waals surface area contributed by atoms with Crippen LogP contribution in [0.2, 0.25) is 0 Å². The predicted octanol–water partition coefficient (Wildman–Crippen LogP) is 10.3. The van der Waals surface area contributed by atoms with E-state index in [9.17, 15) is 15.0 Å². The van der Waals surface area contributed by atoms with Crippen LogP contribution in [0, 0.1) is 0 Å². The van der Waals surface area contributed by atoms with Crippen molar-refractivity contribution in [1.29, 1.82) is 0 Å². The molecular formula is C37H69NO3. The van der Waals surface area contributed by atoms with Crippen LogP contribution < -0.4 is 5.32 Å². The van der Waals surface area contributed by atoms with Gasteiger partial charge in [-0.1, -0.05) is 147 Å². The Kier molecular flexibility index (Phi) is 32.0. The molecule has 0 aromatic heterocycles. The van der Waals surface area contributed by atoms with E-state index in [-0.39, 0.29) is 12.5 Å². The molecule has 0 aliphatic carbocycles. The maximum atomic E-state index is 12.3. The molecule has 1 amide bonds. The summed E-state index contributed by atoms with van der Waals surface area (Å²) in [5.41, 5.74) is 0. The second-order valence-corrected chi connectivity index (χ2v) is 11.9. The van der Waals surface area contributed by atoms with Gasteiger partial charge in [-0.15, -0.1) is 0 Å². The molecule has 0 bridgehead atoms. The number of aliphatic hydroxyl groups excluding tert-OH is 2. The van der Waals surface area contributed by atoms with Crippen molar-refractivity contribution in [2.75, 3.05) is 6.61 Å². The molecule has 3 N–H and O–H groups in total. The Bertz CT molecular complexity index is 628. The van der Waals surface area contributed by atoms with Crippen molar-refractivity contribution in [1.82, 2.24) is 5.32 Å². The lowest BCUT2D eigenvalue weighted by Gasteiger charge is -2.19. The van der Waals surface area contributed by atoms with E-state index < -0.39 is 12.1 Å². The zero-order valence-corrected chi connectivity index (χ0v) is 27.3. The fourth-order valence-corrected chi connectivity index (χ4v) is 5.07. The highest BCUT2D eigenvalue weighted by Crippen LogP contribution is 2.12. The summed E-state index contributed by atoms with van der Waals surface area (Å²) in [5, 5.41) is 22.8. The van der Waals surface area contributed by atoms with Crippen LogP contribution in [0.3, 0.4) is 0 Å². The van der Waals surface area contributed by atoms with E-state index in [1.54, 1.807) is 6.08 Å². The number of hydrogen-bond acceptors (Lipinski definition) is 3. The SMILES string of the molecule is CCCCC/C=C\CCCCCCCC(=O)NC(CO)C(O)/C=C/CC/C=C/CCCCCCCCCCCCC. The zero-order chi connectivity index (χ0) is 30.1. The minimum absolute atomic E-state index is 0.0862. The fourth-order valence-electron chi connectivity index (χ4n) is 5.07. The molecule has 0 heterocycles. The number of hydrogen-bond donors (Lipinski definition) is 3. The van der Waals surface area contributed by atoms with Crippen molar-refractivity contribution in [3.8, 4) is 0 Å². The summed E-state index contributed by atoms with van der Waals surface area (Å²) in [7, 11) is 0. The highest BCUT2D eigenvalue weighted by Gasteiger charge is 2.17. The molecule has 0 rings (SSSR count). The average molecular weight is 576 g/mol. The summed E-state index contributed by atoms with van der Waals surface area (Å²) < 4.78 is 0. The van der Waals surface area contributed by atoms with Crippen LogP contribution >= 0.6 is 0 Å². The van der Waals surface area contributed by atoms with Crippen LogP contribution in [0.4, 0.5) is 0 Å². The van der Waals surface area contributed by atoms with E-state index >= 15 is 0 Å². The highest BCUT2D eigenvalue weighted by atomic mass is 16.3. The normalized spacial score (nSPS) is 13.6. The zero-order valence-electron chi connectivity index (χ0n) is 27.3. The van der Waals surface area contributed by atoms with E-state index in [2.05, 4.69) is 43.5 Å². The largest absolute Gasteiger partial charge is 0.394 e. The smallest absolute Gasteiger partial charge is 0.220 e. The molecule has 0 saturated heterocycles. The van der Waals surface area contributed by atoms with Gasteiger partial charge in [0.1, 0.15) is 0 Å². The van der Waals surface area contributed by atoms with E-state index in [0.29, 0.717) is 6.42 Å². The number of unbranched alkanes of at least 4 members (excludes halogenated alkanes) is 20. The molecule has 2 atom stereocenters. The summed E-state index contributed by atoms with van der Waals surface area (Å²) in [5.74, 6) is -0.0862. The summed E-state index contributed by atoms with van der Waals surface area (Å²) in [4.78, 5) is 12.3. The summed E-state index contributed by atoms with van der Waals surface area (Å²) in [6.45, 7) is 4.25. The molecule has 0 spiro atoms. The minimum Gasteiger partial charge on any atom is -0.394 e. The van der Waals surface area contributed by atoms with Crippen molar-refractivity contribution < 1.29 is 15.0 Å². The van der Waals surface area contributed by atoms with Crippen LogP contribution in [0.15, 0.2) is 36.5 Å². The van der Waals surface area contributed by atoms with Gasteiger partial charge in [0.15, 0.2) is 0 Å². The monoisotopic (exact) mass is 576 g/mol. The molecule has 0 fully saturated rings. The number of carbonyl (C=O) groups excluding carboxylic acids is 1. The first kappa shape index (κ1) is 39.6. The van der Waals surface area contributed by atoms with Gasteiger partial charge in [0.2, 0.25) is 5.91 Å². The molecule has 0 aliphatic rings. The first-order valence-electron chi connectivity index (χ1n) is 17.7. The Balaban J connectivity index is 3.70. The van der Waals surface area contributed by atoms with Gasteiger partial charge in [-0.3, -0.25) is 4.79 Å². The van der Waals surface area contributed by atoms with Crippen molar-refractivity contribution in [2.24, 2.45) is 0 Å². The maximum Gasteiger partial charge on any atom is 0.220 e. The summed E-state index contributed by atoms with van der Waals surface area (Å²) >= 11 is 0. The number of rotatable bonds is 31. The Hall–Kier alpha value is -1.39. The van der Waals surface area contributed by atoms with Gasteiger partial charge in [0, 0.05) is 6.42 Å². The highest BCUT2D eigenvalue weighted by molar-refractivity contribution is 5.76. The summed E-state index contributed by atoms with van der Waals surface area (Å²) in [6, 6.07) is -0.639. The van der Waals surface area contributed by atoms with Crippen LogP contribution in [0.5, 0.6) is 0 Å². The first-order chi connectivity index (χ1) is 20.2. The summed E-state index contributed by atoms with van der Waals surface area (Å²) in [6.07, 6.45) is 42.2. The lowest BCUT2D eigenvalue weighted by molar-refractivity contribution is -0.123. The predicted molar refractivity (Wildman–Crippen MR) is 179 cm³/mol. The van der Waals surface area contributed by atoms with Crippen molar-refractivity contribution >= 4 is 5.91 Å². The first-order valence-corrected chi connectivity index (χ1v) is 17.7. The minimum atomic E-state index is -0.862. The fraction of sp³-hybridized carbons (Fsp3) is 0.811.